The lowest BCUT2D eigenvalue weighted by Gasteiger charge is -2.35. The molecule has 1 fully saturated rings. The third kappa shape index (κ3) is 4.32. The van der Waals surface area contributed by atoms with E-state index in [-0.39, 0.29) is 11.6 Å². The molecule has 1 aliphatic heterocycles. The van der Waals surface area contributed by atoms with Gasteiger partial charge in [-0.15, -0.1) is 0 Å². The zero-order valence-electron chi connectivity index (χ0n) is 12.2. The number of hydrogen-bond donors (Lipinski definition) is 1. The number of carbonyl (C=O) groups excluding carboxylic acids is 1. The Hall–Kier alpha value is -0.870. The van der Waals surface area contributed by atoms with Crippen molar-refractivity contribution in [3.8, 4) is 0 Å². The van der Waals surface area contributed by atoms with Gasteiger partial charge in [-0.25, -0.2) is 0 Å². The minimum absolute atomic E-state index is 0.136. The van der Waals surface area contributed by atoms with Gasteiger partial charge in [0.25, 0.3) is 0 Å². The highest BCUT2D eigenvalue weighted by Gasteiger charge is 2.35. The van der Waals surface area contributed by atoms with Crippen LogP contribution in [-0.4, -0.2) is 24.7 Å². The fraction of sp³-hybridized carbons (Fsp3) is 0.562. The SMILES string of the molecule is CC(C)(OC(=O)Cc1cccc(Br)c1)C1CC[NH2+]CC1. The first kappa shape index (κ1) is 15.5. The topological polar surface area (TPSA) is 42.9 Å². The second-order valence-electron chi connectivity index (χ2n) is 6.02. The van der Waals surface area contributed by atoms with Crippen molar-refractivity contribution in [2.75, 3.05) is 13.1 Å². The number of quaternary nitrogens is 1. The summed E-state index contributed by atoms with van der Waals surface area (Å²) in [5.74, 6) is 0.335. The Kier molecular flexibility index (Phi) is 5.22. The first-order chi connectivity index (χ1) is 9.47. The zero-order valence-corrected chi connectivity index (χ0v) is 13.8. The summed E-state index contributed by atoms with van der Waals surface area (Å²) in [4.78, 5) is 12.1. The lowest BCUT2D eigenvalue weighted by molar-refractivity contribution is -0.665. The highest BCUT2D eigenvalue weighted by molar-refractivity contribution is 9.10. The fourth-order valence-electron chi connectivity index (χ4n) is 2.85. The monoisotopic (exact) mass is 340 g/mol. The van der Waals surface area contributed by atoms with Crippen LogP contribution in [0.25, 0.3) is 0 Å². The molecule has 0 amide bonds. The zero-order chi connectivity index (χ0) is 14.6. The van der Waals surface area contributed by atoms with Crippen molar-refractivity contribution < 1.29 is 14.8 Å². The summed E-state index contributed by atoms with van der Waals surface area (Å²) in [7, 11) is 0. The van der Waals surface area contributed by atoms with Crippen LogP contribution in [0.1, 0.15) is 32.3 Å². The summed E-state index contributed by atoms with van der Waals surface area (Å²) in [6.45, 7) is 6.36. The van der Waals surface area contributed by atoms with Crippen LogP contribution < -0.4 is 5.32 Å². The van der Waals surface area contributed by atoms with E-state index in [4.69, 9.17) is 4.74 Å². The Morgan fingerprint density at radius 2 is 2.10 bits per heavy atom. The first-order valence-corrected chi connectivity index (χ1v) is 8.04. The second kappa shape index (κ2) is 6.72. The van der Waals surface area contributed by atoms with E-state index >= 15 is 0 Å². The van der Waals surface area contributed by atoms with Gasteiger partial charge in [0.2, 0.25) is 0 Å². The lowest BCUT2D eigenvalue weighted by Crippen LogP contribution is -2.86. The minimum atomic E-state index is -0.364. The van der Waals surface area contributed by atoms with Crippen molar-refractivity contribution in [1.82, 2.24) is 0 Å². The molecule has 0 spiro atoms. The standard InChI is InChI=1S/C16H22BrNO2/c1-16(2,13-6-8-18-9-7-13)20-15(19)11-12-4-3-5-14(17)10-12/h3-5,10,13,18H,6-9,11H2,1-2H3/p+1. The predicted octanol–water partition coefficient (Wildman–Crippen LogP) is 2.29. The van der Waals surface area contributed by atoms with Gasteiger partial charge in [0.05, 0.1) is 19.5 Å². The molecular weight excluding hydrogens is 318 g/mol. The molecule has 2 N–H and O–H groups in total. The largest absolute Gasteiger partial charge is 0.459 e. The van der Waals surface area contributed by atoms with Gasteiger partial charge in [0.15, 0.2) is 0 Å². The molecule has 1 aliphatic rings. The molecular formula is C16H23BrNO2+. The maximum Gasteiger partial charge on any atom is 0.310 e. The van der Waals surface area contributed by atoms with E-state index in [1.54, 1.807) is 0 Å². The summed E-state index contributed by atoms with van der Waals surface area (Å²) in [6.07, 6.45) is 2.58. The number of carbonyl (C=O) groups is 1. The maximum atomic E-state index is 12.1. The van der Waals surface area contributed by atoms with E-state index in [2.05, 4.69) is 21.2 Å². The molecule has 20 heavy (non-hydrogen) atoms. The number of benzene rings is 1. The third-order valence-corrected chi connectivity index (χ3v) is 4.53. The summed E-state index contributed by atoms with van der Waals surface area (Å²) >= 11 is 3.42. The Morgan fingerprint density at radius 1 is 1.40 bits per heavy atom. The van der Waals surface area contributed by atoms with Crippen molar-refractivity contribution >= 4 is 21.9 Å². The van der Waals surface area contributed by atoms with Crippen LogP contribution in [0.5, 0.6) is 0 Å². The van der Waals surface area contributed by atoms with Crippen molar-refractivity contribution in [2.24, 2.45) is 5.92 Å². The van der Waals surface area contributed by atoms with Gasteiger partial charge in [-0.05, 0) is 31.5 Å². The molecule has 110 valence electrons. The molecule has 1 heterocycles. The van der Waals surface area contributed by atoms with Crippen molar-refractivity contribution in [3.05, 3.63) is 34.3 Å². The summed E-state index contributed by atoms with van der Waals surface area (Å²) < 4.78 is 6.74. The molecule has 0 saturated carbocycles. The number of rotatable bonds is 4. The number of halogens is 1. The molecule has 1 saturated heterocycles. The number of esters is 1. The maximum absolute atomic E-state index is 12.1. The van der Waals surface area contributed by atoms with Gasteiger partial charge in [-0.1, -0.05) is 28.1 Å². The van der Waals surface area contributed by atoms with E-state index in [1.165, 1.54) is 0 Å². The Labute approximate surface area is 129 Å². The fourth-order valence-corrected chi connectivity index (χ4v) is 3.30. The number of piperidine rings is 1. The molecule has 2 rings (SSSR count). The summed E-state index contributed by atoms with van der Waals surface area (Å²) in [5.41, 5.74) is 0.620. The van der Waals surface area contributed by atoms with E-state index in [9.17, 15) is 4.79 Å². The predicted molar refractivity (Wildman–Crippen MR) is 82.4 cm³/mol. The molecule has 0 aliphatic carbocycles. The first-order valence-electron chi connectivity index (χ1n) is 7.25. The van der Waals surface area contributed by atoms with Gasteiger partial charge in [-0.3, -0.25) is 4.79 Å². The van der Waals surface area contributed by atoms with E-state index in [1.807, 2.05) is 38.1 Å². The molecule has 3 nitrogen and oxygen atoms in total. The molecule has 0 radical (unpaired) electrons. The summed E-state index contributed by atoms with van der Waals surface area (Å²) in [5, 5.41) is 2.33. The normalized spacial score (nSPS) is 16.9. The minimum Gasteiger partial charge on any atom is -0.459 e. The highest BCUT2D eigenvalue weighted by Crippen LogP contribution is 2.28. The third-order valence-electron chi connectivity index (χ3n) is 4.04. The van der Waals surface area contributed by atoms with E-state index < -0.39 is 0 Å². The Morgan fingerprint density at radius 3 is 2.75 bits per heavy atom. The van der Waals surface area contributed by atoms with Crippen LogP contribution in [0, 0.1) is 5.92 Å². The average Bonchev–Trinajstić information content (AvgIpc) is 2.39. The van der Waals surface area contributed by atoms with Crippen molar-refractivity contribution in [2.45, 2.75) is 38.7 Å². The van der Waals surface area contributed by atoms with Crippen LogP contribution in [-0.2, 0) is 16.0 Å². The van der Waals surface area contributed by atoms with Gasteiger partial charge >= 0.3 is 5.97 Å². The number of hydrogen-bond acceptors (Lipinski definition) is 2. The quantitative estimate of drug-likeness (QED) is 0.854. The van der Waals surface area contributed by atoms with Crippen molar-refractivity contribution in [1.29, 1.82) is 0 Å². The van der Waals surface area contributed by atoms with Crippen LogP contribution in [0.2, 0.25) is 0 Å². The van der Waals surface area contributed by atoms with Crippen molar-refractivity contribution in [3.63, 3.8) is 0 Å². The van der Waals surface area contributed by atoms with Gasteiger partial charge in [0, 0.05) is 23.2 Å². The summed E-state index contributed by atoms with van der Waals surface area (Å²) in [6, 6.07) is 7.81. The lowest BCUT2D eigenvalue weighted by atomic mass is 9.83. The molecule has 1 aromatic carbocycles. The Bertz CT molecular complexity index is 467. The smallest absolute Gasteiger partial charge is 0.310 e. The molecule has 0 unspecified atom stereocenters. The number of nitrogens with two attached hydrogens (primary N) is 1. The molecule has 4 heteroatoms. The van der Waals surface area contributed by atoms with Gasteiger partial charge < -0.3 is 10.1 Å². The van der Waals surface area contributed by atoms with E-state index in [0.717, 1.165) is 36.0 Å². The van der Waals surface area contributed by atoms with Crippen LogP contribution in [0.3, 0.4) is 0 Å². The van der Waals surface area contributed by atoms with Crippen LogP contribution >= 0.6 is 15.9 Å². The highest BCUT2D eigenvalue weighted by atomic mass is 79.9. The Balaban J connectivity index is 1.92. The van der Waals surface area contributed by atoms with E-state index in [0.29, 0.717) is 12.3 Å². The second-order valence-corrected chi connectivity index (χ2v) is 6.94. The molecule has 1 aromatic rings. The number of ether oxygens (including phenoxy) is 1. The van der Waals surface area contributed by atoms with Crippen LogP contribution in [0.4, 0.5) is 0 Å². The van der Waals surface area contributed by atoms with Crippen LogP contribution in [0.15, 0.2) is 28.7 Å². The van der Waals surface area contributed by atoms with Gasteiger partial charge in [0.1, 0.15) is 5.60 Å². The molecule has 0 bridgehead atoms. The molecule has 0 aromatic heterocycles. The average molecular weight is 341 g/mol. The van der Waals surface area contributed by atoms with Gasteiger partial charge in [-0.2, -0.15) is 0 Å². The molecule has 0 atom stereocenters.